The molecule has 1 aromatic carbocycles. The highest BCUT2D eigenvalue weighted by molar-refractivity contribution is 5.90. The fourth-order valence-corrected chi connectivity index (χ4v) is 1.24. The zero-order valence-corrected chi connectivity index (χ0v) is 9.35. The first-order valence-electron chi connectivity index (χ1n) is 5.29. The van der Waals surface area contributed by atoms with E-state index in [-0.39, 0.29) is 5.57 Å². The Morgan fingerprint density at radius 3 is 2.62 bits per heavy atom. The quantitative estimate of drug-likeness (QED) is 0.470. The molecule has 3 nitrogen and oxygen atoms in total. The molecule has 3 heteroatoms. The first-order valence-corrected chi connectivity index (χ1v) is 5.29. The second-order valence-corrected chi connectivity index (χ2v) is 3.53. The third-order valence-corrected chi connectivity index (χ3v) is 2.18. The molecule has 1 unspecified atom stereocenters. The first kappa shape index (κ1) is 12.5. The molecule has 0 aliphatic carbocycles. The van der Waals surface area contributed by atoms with Gasteiger partial charge < -0.3 is 9.84 Å². The van der Waals surface area contributed by atoms with E-state index in [0.29, 0.717) is 12.2 Å². The Hall–Kier alpha value is -1.61. The maximum Gasteiger partial charge on any atom is 0.341 e. The number of esters is 1. The zero-order chi connectivity index (χ0) is 12.0. The summed E-state index contributed by atoms with van der Waals surface area (Å²) in [5.41, 5.74) is 0.103. The van der Waals surface area contributed by atoms with Crippen molar-refractivity contribution >= 4 is 5.97 Å². The van der Waals surface area contributed by atoms with Crippen molar-refractivity contribution in [2.24, 2.45) is 0 Å². The summed E-state index contributed by atoms with van der Waals surface area (Å²) in [5.74, 6) is -0.121. The van der Waals surface area contributed by atoms with Crippen molar-refractivity contribution in [1.82, 2.24) is 0 Å². The summed E-state index contributed by atoms with van der Waals surface area (Å²) < 4.78 is 5.05. The Morgan fingerprint density at radius 2 is 2.06 bits per heavy atom. The lowest BCUT2D eigenvalue weighted by Gasteiger charge is -2.11. The predicted octanol–water partition coefficient (Wildman–Crippen LogP) is 2.31. The Kier molecular flexibility index (Phi) is 4.73. The maximum atomic E-state index is 11.5. The highest BCUT2D eigenvalue weighted by atomic mass is 16.5. The normalized spacial score (nSPS) is 11.9. The highest BCUT2D eigenvalue weighted by Crippen LogP contribution is 2.13. The molecule has 0 radical (unpaired) electrons. The van der Waals surface area contributed by atoms with Gasteiger partial charge >= 0.3 is 5.97 Å². The summed E-state index contributed by atoms with van der Waals surface area (Å²) in [6.07, 6.45) is 0.489. The van der Waals surface area contributed by atoms with Crippen LogP contribution >= 0.6 is 0 Å². The molecule has 0 bridgehead atoms. The number of carbonyl (C=O) groups excluding carboxylic acids is 1. The molecule has 0 aliphatic rings. The minimum absolute atomic E-state index is 0.103. The number of para-hydroxylation sites is 1. The number of ether oxygens (including phenoxy) is 1. The molecule has 0 aromatic heterocycles. The monoisotopic (exact) mass is 220 g/mol. The van der Waals surface area contributed by atoms with E-state index in [1.54, 1.807) is 24.3 Å². The van der Waals surface area contributed by atoms with E-state index < -0.39 is 12.1 Å². The number of benzene rings is 1. The van der Waals surface area contributed by atoms with Crippen LogP contribution in [0.4, 0.5) is 0 Å². The van der Waals surface area contributed by atoms with Crippen molar-refractivity contribution in [1.29, 1.82) is 0 Å². The van der Waals surface area contributed by atoms with Gasteiger partial charge in [-0.05, 0) is 18.6 Å². The molecule has 86 valence electrons. The molecule has 0 amide bonds. The largest absolute Gasteiger partial charge is 0.423 e. The van der Waals surface area contributed by atoms with E-state index >= 15 is 0 Å². The van der Waals surface area contributed by atoms with Crippen LogP contribution in [0.2, 0.25) is 0 Å². The molecule has 0 aliphatic heterocycles. The molecule has 16 heavy (non-hydrogen) atoms. The van der Waals surface area contributed by atoms with Crippen LogP contribution in [0.1, 0.15) is 19.8 Å². The summed E-state index contributed by atoms with van der Waals surface area (Å²) in [6, 6.07) is 8.73. The number of aliphatic hydroxyl groups is 1. The second-order valence-electron chi connectivity index (χ2n) is 3.53. The lowest BCUT2D eigenvalue weighted by Crippen LogP contribution is -2.21. The van der Waals surface area contributed by atoms with Crippen LogP contribution < -0.4 is 4.74 Å². The van der Waals surface area contributed by atoms with Gasteiger partial charge in [0.05, 0.1) is 11.7 Å². The van der Waals surface area contributed by atoms with E-state index in [0.717, 1.165) is 6.42 Å². The molecule has 0 saturated carbocycles. The molecule has 1 rings (SSSR count). The van der Waals surface area contributed by atoms with Gasteiger partial charge in [-0.1, -0.05) is 38.1 Å². The van der Waals surface area contributed by atoms with Crippen molar-refractivity contribution in [2.75, 3.05) is 0 Å². The van der Waals surface area contributed by atoms with E-state index in [9.17, 15) is 9.90 Å². The number of rotatable bonds is 5. The van der Waals surface area contributed by atoms with Crippen LogP contribution in [0.15, 0.2) is 42.5 Å². The average molecular weight is 220 g/mol. The smallest absolute Gasteiger partial charge is 0.341 e. The SMILES string of the molecule is C=C(C(=O)Oc1ccccc1)C(O)CCC. The number of hydrogen-bond donors (Lipinski definition) is 1. The van der Waals surface area contributed by atoms with Crippen molar-refractivity contribution in [3.8, 4) is 5.75 Å². The van der Waals surface area contributed by atoms with Gasteiger partial charge in [-0.2, -0.15) is 0 Å². The summed E-state index contributed by atoms with van der Waals surface area (Å²) in [7, 11) is 0. The summed E-state index contributed by atoms with van der Waals surface area (Å²) in [4.78, 5) is 11.5. The topological polar surface area (TPSA) is 46.5 Å². The fraction of sp³-hybridized carbons (Fsp3) is 0.308. The van der Waals surface area contributed by atoms with Gasteiger partial charge in [-0.25, -0.2) is 4.79 Å². The molecule has 1 N–H and O–H groups in total. The molecule has 1 atom stereocenters. The molecular weight excluding hydrogens is 204 g/mol. The van der Waals surface area contributed by atoms with Crippen molar-refractivity contribution < 1.29 is 14.6 Å². The van der Waals surface area contributed by atoms with Crippen molar-refractivity contribution in [3.63, 3.8) is 0 Å². The van der Waals surface area contributed by atoms with Crippen LogP contribution in [0.3, 0.4) is 0 Å². The van der Waals surface area contributed by atoms with Gasteiger partial charge in [0.2, 0.25) is 0 Å². The minimum atomic E-state index is -0.818. The standard InChI is InChI=1S/C13H16O3/c1-3-7-12(14)10(2)13(15)16-11-8-5-4-6-9-11/h4-6,8-9,12,14H,2-3,7H2,1H3. The van der Waals surface area contributed by atoms with Gasteiger partial charge in [0, 0.05) is 0 Å². The molecule has 0 heterocycles. The van der Waals surface area contributed by atoms with Crippen molar-refractivity contribution in [2.45, 2.75) is 25.9 Å². The number of hydrogen-bond acceptors (Lipinski definition) is 3. The van der Waals surface area contributed by atoms with Gasteiger partial charge in [0.1, 0.15) is 5.75 Å². The minimum Gasteiger partial charge on any atom is -0.423 e. The van der Waals surface area contributed by atoms with Gasteiger partial charge in [0.15, 0.2) is 0 Å². The lowest BCUT2D eigenvalue weighted by molar-refractivity contribution is -0.131. The zero-order valence-electron chi connectivity index (χ0n) is 9.35. The molecule has 1 aromatic rings. The molecule has 0 saturated heterocycles. The van der Waals surface area contributed by atoms with Gasteiger partial charge in [-0.15, -0.1) is 0 Å². The van der Waals surface area contributed by atoms with Crippen LogP contribution in [-0.4, -0.2) is 17.2 Å². The van der Waals surface area contributed by atoms with Crippen LogP contribution in [0.5, 0.6) is 5.75 Å². The van der Waals surface area contributed by atoms with Crippen LogP contribution in [0.25, 0.3) is 0 Å². The van der Waals surface area contributed by atoms with Gasteiger partial charge in [-0.3, -0.25) is 0 Å². The summed E-state index contributed by atoms with van der Waals surface area (Å²) >= 11 is 0. The predicted molar refractivity (Wildman–Crippen MR) is 62.1 cm³/mol. The Bertz CT molecular complexity index is 357. The highest BCUT2D eigenvalue weighted by Gasteiger charge is 2.17. The average Bonchev–Trinajstić information content (AvgIpc) is 2.29. The van der Waals surface area contributed by atoms with E-state index in [4.69, 9.17) is 4.74 Å². The maximum absolute atomic E-state index is 11.5. The van der Waals surface area contributed by atoms with E-state index in [1.165, 1.54) is 0 Å². The third kappa shape index (κ3) is 3.51. The van der Waals surface area contributed by atoms with Gasteiger partial charge in [0.25, 0.3) is 0 Å². The third-order valence-electron chi connectivity index (χ3n) is 2.18. The van der Waals surface area contributed by atoms with Crippen LogP contribution in [0, 0.1) is 0 Å². The molecule has 0 fully saturated rings. The Labute approximate surface area is 95.4 Å². The van der Waals surface area contributed by atoms with Crippen LogP contribution in [-0.2, 0) is 4.79 Å². The molecular formula is C13H16O3. The van der Waals surface area contributed by atoms with E-state index in [1.807, 2.05) is 13.0 Å². The fourth-order valence-electron chi connectivity index (χ4n) is 1.24. The number of aliphatic hydroxyl groups excluding tert-OH is 1. The van der Waals surface area contributed by atoms with E-state index in [2.05, 4.69) is 6.58 Å². The summed E-state index contributed by atoms with van der Waals surface area (Å²) in [6.45, 7) is 5.47. The lowest BCUT2D eigenvalue weighted by atomic mass is 10.1. The second kappa shape index (κ2) is 6.08. The summed E-state index contributed by atoms with van der Waals surface area (Å²) in [5, 5.41) is 9.57. The Balaban J connectivity index is 2.56. The Morgan fingerprint density at radius 1 is 1.44 bits per heavy atom. The molecule has 0 spiro atoms. The van der Waals surface area contributed by atoms with Crippen molar-refractivity contribution in [3.05, 3.63) is 42.5 Å². The number of carbonyl (C=O) groups is 1. The first-order chi connectivity index (χ1) is 7.65.